The Bertz CT molecular complexity index is 2430. The van der Waals surface area contributed by atoms with Gasteiger partial charge in [0.15, 0.2) is 0 Å². The minimum atomic E-state index is -0.462. The number of nitrogens with one attached hydrogen (secondary N) is 1. The Labute approximate surface area is 351 Å². The molecule has 3 fully saturated rings. The van der Waals surface area contributed by atoms with E-state index in [1.165, 1.54) is 11.6 Å². The number of carbonyl (C=O) groups is 1. The summed E-state index contributed by atoms with van der Waals surface area (Å²) in [6.45, 7) is 8.79. The largest absolute Gasteiger partial charge is 0.387 e. The molecule has 60 heavy (non-hydrogen) atoms. The SMILES string of the molecule is CNc1cc(N2CCC(CN3CCC4(CC3)CC(c3cc(N5CCN(C)c6ccc(C#N)cc65)c5cc(C)c(=O)n(C)c5c3)CO4)CC2)c(F)cc1C(N)=NCCC(N)=O. The number of hydrogen-bond donors (Lipinski definition) is 3. The van der Waals surface area contributed by atoms with Crippen LogP contribution in [-0.4, -0.2) is 99.9 Å². The fourth-order valence-corrected chi connectivity index (χ4v) is 9.92. The molecule has 3 saturated heterocycles. The van der Waals surface area contributed by atoms with E-state index in [9.17, 15) is 14.9 Å². The van der Waals surface area contributed by atoms with Crippen LogP contribution in [0.5, 0.6) is 0 Å². The number of aliphatic imine (C=N–C) groups is 1. The van der Waals surface area contributed by atoms with Crippen LogP contribution in [0.4, 0.5) is 32.8 Å². The normalized spacial score (nSPS) is 19.8. The maximum Gasteiger partial charge on any atom is 0.253 e. The summed E-state index contributed by atoms with van der Waals surface area (Å²) < 4.78 is 24.1. The van der Waals surface area contributed by atoms with Crippen molar-refractivity contribution in [3.05, 3.63) is 87.0 Å². The minimum absolute atomic E-state index is 0.00427. The summed E-state index contributed by atoms with van der Waals surface area (Å²) in [7, 11) is 5.73. The molecule has 4 aliphatic rings. The Morgan fingerprint density at radius 3 is 2.47 bits per heavy atom. The number of primary amides is 1. The summed E-state index contributed by atoms with van der Waals surface area (Å²) in [6, 6.07) is 18.0. The second-order valence-corrected chi connectivity index (χ2v) is 17.3. The fourth-order valence-electron chi connectivity index (χ4n) is 9.92. The first-order valence-corrected chi connectivity index (χ1v) is 21.2. The van der Waals surface area contributed by atoms with Crippen LogP contribution >= 0.6 is 0 Å². The Hall–Kier alpha value is -5.65. The zero-order chi connectivity index (χ0) is 42.3. The number of carbonyl (C=O) groups excluding carboxylic acids is 1. The number of amides is 1. The first-order valence-electron chi connectivity index (χ1n) is 21.2. The third kappa shape index (κ3) is 8.00. The van der Waals surface area contributed by atoms with Gasteiger partial charge in [-0.1, -0.05) is 0 Å². The highest BCUT2D eigenvalue weighted by Gasteiger charge is 2.44. The number of halogens is 1. The number of likely N-dealkylation sites (N-methyl/N-ethyl adjacent to an activating group) is 1. The van der Waals surface area contributed by atoms with Gasteiger partial charge in [0.25, 0.3) is 5.56 Å². The van der Waals surface area contributed by atoms with Crippen molar-refractivity contribution in [2.24, 2.45) is 29.4 Å². The predicted octanol–water partition coefficient (Wildman–Crippen LogP) is 5.32. The molecule has 0 aliphatic carbocycles. The van der Waals surface area contributed by atoms with Crippen LogP contribution in [-0.2, 0) is 16.6 Å². The van der Waals surface area contributed by atoms with Gasteiger partial charge in [-0.05, 0) is 99.0 Å². The van der Waals surface area contributed by atoms with Gasteiger partial charge in [-0.25, -0.2) is 4.39 Å². The Morgan fingerprint density at radius 1 is 0.983 bits per heavy atom. The number of nitrogens with two attached hydrogens (primary N) is 2. The summed E-state index contributed by atoms with van der Waals surface area (Å²) in [5.74, 6) is 0.0889. The van der Waals surface area contributed by atoms with E-state index in [0.29, 0.717) is 40.6 Å². The molecule has 0 saturated carbocycles. The predicted molar refractivity (Wildman–Crippen MR) is 237 cm³/mol. The van der Waals surface area contributed by atoms with Gasteiger partial charge in [0.1, 0.15) is 11.7 Å². The molecular weight excluding hydrogens is 760 g/mol. The van der Waals surface area contributed by atoms with Crippen LogP contribution in [0.1, 0.15) is 66.7 Å². The highest BCUT2D eigenvalue weighted by atomic mass is 19.1. The molecule has 1 atom stereocenters. The first-order chi connectivity index (χ1) is 28.9. The van der Waals surface area contributed by atoms with Crippen molar-refractivity contribution in [3.8, 4) is 6.07 Å². The molecule has 13 nitrogen and oxygen atoms in total. The molecule has 4 aliphatic heterocycles. The Balaban J connectivity index is 0.924. The molecular formula is C46H57FN10O3. The minimum Gasteiger partial charge on any atom is -0.387 e. The number of pyridine rings is 1. The third-order valence-electron chi connectivity index (χ3n) is 13.5. The number of hydrogen-bond acceptors (Lipinski definition) is 10. The number of nitrogens with zero attached hydrogens (tertiary/aromatic N) is 7. The van der Waals surface area contributed by atoms with Gasteiger partial charge >= 0.3 is 0 Å². The quantitative estimate of drug-likeness (QED) is 0.141. The van der Waals surface area contributed by atoms with Crippen LogP contribution in [0.15, 0.2) is 58.3 Å². The molecule has 0 bridgehead atoms. The molecule has 14 heteroatoms. The number of aryl methyl sites for hydroxylation is 2. The lowest BCUT2D eigenvalue weighted by molar-refractivity contribution is -0.117. The number of nitriles is 1. The van der Waals surface area contributed by atoms with Crippen LogP contribution in [0.25, 0.3) is 10.9 Å². The van der Waals surface area contributed by atoms with Crippen LogP contribution in [0.3, 0.4) is 0 Å². The highest BCUT2D eigenvalue weighted by Crippen LogP contribution is 2.47. The highest BCUT2D eigenvalue weighted by molar-refractivity contribution is 6.03. The average Bonchev–Trinajstić information content (AvgIpc) is 3.67. The van der Waals surface area contributed by atoms with Crippen molar-refractivity contribution in [1.29, 1.82) is 5.26 Å². The van der Waals surface area contributed by atoms with Gasteiger partial charge in [0.2, 0.25) is 5.91 Å². The number of rotatable bonds is 10. The zero-order valence-corrected chi connectivity index (χ0v) is 35.3. The number of ether oxygens (including phenoxy) is 1. The van der Waals surface area contributed by atoms with Crippen molar-refractivity contribution in [3.63, 3.8) is 0 Å². The lowest BCUT2D eigenvalue weighted by Crippen LogP contribution is -2.47. The molecule has 4 aromatic rings. The third-order valence-corrected chi connectivity index (χ3v) is 13.5. The van der Waals surface area contributed by atoms with Crippen molar-refractivity contribution in [2.75, 3.05) is 93.1 Å². The lowest BCUT2D eigenvalue weighted by Gasteiger charge is -2.41. The van der Waals surface area contributed by atoms with Crippen molar-refractivity contribution < 1.29 is 13.9 Å². The van der Waals surface area contributed by atoms with E-state index in [2.05, 4.69) is 55.2 Å². The monoisotopic (exact) mass is 816 g/mol. The number of likely N-dealkylation sites (tertiary alicyclic amines) is 1. The second-order valence-electron chi connectivity index (χ2n) is 17.3. The second kappa shape index (κ2) is 16.8. The first kappa shape index (κ1) is 41.1. The smallest absolute Gasteiger partial charge is 0.253 e. The van der Waals surface area contributed by atoms with E-state index in [1.807, 2.05) is 38.2 Å². The Morgan fingerprint density at radius 2 is 1.75 bits per heavy atom. The topological polar surface area (TPSA) is 161 Å². The molecule has 1 unspecified atom stereocenters. The molecule has 1 aromatic heterocycles. The molecule has 3 aromatic carbocycles. The van der Waals surface area contributed by atoms with E-state index in [1.54, 1.807) is 17.7 Å². The van der Waals surface area contributed by atoms with Crippen molar-refractivity contribution in [2.45, 2.75) is 57.0 Å². The molecule has 5 N–H and O–H groups in total. The van der Waals surface area contributed by atoms with E-state index in [4.69, 9.17) is 16.2 Å². The van der Waals surface area contributed by atoms with Gasteiger partial charge in [-0.3, -0.25) is 14.6 Å². The number of benzene rings is 3. The molecule has 316 valence electrons. The molecule has 8 rings (SSSR count). The Kier molecular flexibility index (Phi) is 11.5. The van der Waals surface area contributed by atoms with Gasteiger partial charge in [-0.2, -0.15) is 5.26 Å². The number of anilines is 5. The number of amidine groups is 1. The standard InChI is InChI=1S/C46H57FN10O3/c1-29-19-35-39(54(4)45(29)59)21-32(22-40(35)57-18-17-53(3)38-6-5-31(26-48)20-42(38)57)33-25-46(60-28-33)10-15-55(16-11-46)27-30-8-13-56(14-9-30)41-24-37(51-2)34(23-36(41)47)44(50)52-12-7-43(49)58/h5-6,19-24,30,33,51H,7-18,25,27-28H2,1-4H3,(H2,49,58)(H2,50,52). The van der Waals surface area contributed by atoms with E-state index >= 15 is 4.39 Å². The maximum atomic E-state index is 15.5. The van der Waals surface area contributed by atoms with Gasteiger partial charge in [0, 0.05) is 101 Å². The molecule has 1 amide bonds. The van der Waals surface area contributed by atoms with E-state index in [-0.39, 0.29) is 41.7 Å². The molecule has 0 radical (unpaired) electrons. The molecule has 5 heterocycles. The lowest BCUT2D eigenvalue weighted by atomic mass is 9.82. The number of fused-ring (bicyclic) bond motifs is 2. The summed E-state index contributed by atoms with van der Waals surface area (Å²) >= 11 is 0. The van der Waals surface area contributed by atoms with Crippen LogP contribution in [0.2, 0.25) is 0 Å². The summed E-state index contributed by atoms with van der Waals surface area (Å²) in [5.41, 5.74) is 19.5. The van der Waals surface area contributed by atoms with E-state index < -0.39 is 5.91 Å². The van der Waals surface area contributed by atoms with Crippen molar-refractivity contribution >= 4 is 51.1 Å². The van der Waals surface area contributed by atoms with Gasteiger partial charge in [0.05, 0.1) is 58.7 Å². The number of piperidine rings is 2. The average molecular weight is 817 g/mol. The summed E-state index contributed by atoms with van der Waals surface area (Å²) in [5, 5.41) is 14.0. The number of aromatic nitrogens is 1. The van der Waals surface area contributed by atoms with Crippen LogP contribution in [0, 0.1) is 30.0 Å². The maximum absolute atomic E-state index is 15.5. The van der Waals surface area contributed by atoms with Gasteiger partial charge in [-0.15, -0.1) is 0 Å². The fraction of sp³-hybridized carbons (Fsp3) is 0.478. The van der Waals surface area contributed by atoms with Crippen LogP contribution < -0.4 is 37.0 Å². The summed E-state index contributed by atoms with van der Waals surface area (Å²) in [6.07, 6.45) is 4.93. The van der Waals surface area contributed by atoms with Gasteiger partial charge < -0.3 is 45.7 Å². The summed E-state index contributed by atoms with van der Waals surface area (Å²) in [4.78, 5) is 37.9. The van der Waals surface area contributed by atoms with Crippen molar-refractivity contribution in [1.82, 2.24) is 9.47 Å². The van der Waals surface area contributed by atoms with E-state index in [0.717, 1.165) is 106 Å². The zero-order valence-electron chi connectivity index (χ0n) is 35.3. The molecule has 1 spiro atoms.